The molecular weight excluding hydrogens is 317 g/mol. The Kier molecular flexibility index (Phi) is 4.05. The van der Waals surface area contributed by atoms with Crippen molar-refractivity contribution in [2.75, 3.05) is 0 Å². The summed E-state index contributed by atoms with van der Waals surface area (Å²) in [6.07, 6.45) is 0. The number of hydrogen-bond donors (Lipinski definition) is 1. The standard InChI is InChI=1S/C14H12BrClFN/c1-8-10(3-2-4-12(8)16)14(18)11-7-9(15)5-6-13(11)17/h2-7,14H,18H2,1H3. The number of halogens is 3. The van der Waals surface area contributed by atoms with E-state index >= 15 is 0 Å². The normalized spacial score (nSPS) is 12.5. The van der Waals surface area contributed by atoms with E-state index in [1.807, 2.05) is 19.1 Å². The lowest BCUT2D eigenvalue weighted by atomic mass is 9.95. The van der Waals surface area contributed by atoms with Crippen LogP contribution in [0.3, 0.4) is 0 Å². The van der Waals surface area contributed by atoms with Crippen molar-refractivity contribution in [3.05, 3.63) is 68.4 Å². The van der Waals surface area contributed by atoms with Gasteiger partial charge in [-0.15, -0.1) is 0 Å². The molecule has 0 heterocycles. The average molecular weight is 329 g/mol. The third kappa shape index (κ3) is 2.58. The molecule has 0 aliphatic rings. The van der Waals surface area contributed by atoms with Crippen LogP contribution in [0.15, 0.2) is 40.9 Å². The van der Waals surface area contributed by atoms with Gasteiger partial charge in [0.05, 0.1) is 6.04 Å². The Morgan fingerprint density at radius 2 is 1.94 bits per heavy atom. The Bertz CT molecular complexity index is 584. The summed E-state index contributed by atoms with van der Waals surface area (Å²) < 4.78 is 14.6. The zero-order valence-electron chi connectivity index (χ0n) is 9.75. The van der Waals surface area contributed by atoms with Gasteiger partial charge in [-0.2, -0.15) is 0 Å². The minimum absolute atomic E-state index is 0.315. The molecule has 0 radical (unpaired) electrons. The molecule has 94 valence electrons. The number of benzene rings is 2. The van der Waals surface area contributed by atoms with E-state index in [9.17, 15) is 4.39 Å². The lowest BCUT2D eigenvalue weighted by molar-refractivity contribution is 0.599. The fraction of sp³-hybridized carbons (Fsp3) is 0.143. The zero-order valence-corrected chi connectivity index (χ0v) is 12.1. The summed E-state index contributed by atoms with van der Waals surface area (Å²) in [5.74, 6) is -0.315. The molecule has 0 saturated heterocycles. The van der Waals surface area contributed by atoms with Crippen LogP contribution in [0.25, 0.3) is 0 Å². The van der Waals surface area contributed by atoms with Gasteiger partial charge in [-0.25, -0.2) is 4.39 Å². The van der Waals surface area contributed by atoms with Crippen LogP contribution < -0.4 is 5.73 Å². The van der Waals surface area contributed by atoms with E-state index in [0.717, 1.165) is 15.6 Å². The van der Waals surface area contributed by atoms with E-state index in [4.69, 9.17) is 17.3 Å². The predicted molar refractivity (Wildman–Crippen MR) is 76.3 cm³/mol. The maximum atomic E-state index is 13.8. The van der Waals surface area contributed by atoms with Crippen LogP contribution in [0.1, 0.15) is 22.7 Å². The maximum Gasteiger partial charge on any atom is 0.128 e. The van der Waals surface area contributed by atoms with E-state index < -0.39 is 6.04 Å². The average Bonchev–Trinajstić information content (AvgIpc) is 2.35. The Balaban J connectivity index is 2.51. The smallest absolute Gasteiger partial charge is 0.128 e. The van der Waals surface area contributed by atoms with Crippen molar-refractivity contribution in [2.45, 2.75) is 13.0 Å². The van der Waals surface area contributed by atoms with Crippen LogP contribution in [0.2, 0.25) is 5.02 Å². The lowest BCUT2D eigenvalue weighted by Crippen LogP contribution is -2.15. The first-order chi connectivity index (χ1) is 8.50. The molecular formula is C14H12BrClFN. The summed E-state index contributed by atoms with van der Waals surface area (Å²) in [6, 6.07) is 9.70. The SMILES string of the molecule is Cc1c(Cl)cccc1C(N)c1cc(Br)ccc1F. The first-order valence-electron chi connectivity index (χ1n) is 5.46. The third-order valence-corrected chi connectivity index (χ3v) is 3.84. The highest BCUT2D eigenvalue weighted by molar-refractivity contribution is 9.10. The van der Waals surface area contributed by atoms with Crippen molar-refractivity contribution in [2.24, 2.45) is 5.73 Å². The molecule has 0 aliphatic carbocycles. The molecule has 4 heteroatoms. The molecule has 0 aliphatic heterocycles. The highest BCUT2D eigenvalue weighted by Gasteiger charge is 2.16. The van der Waals surface area contributed by atoms with Gasteiger partial charge in [0.2, 0.25) is 0 Å². The Morgan fingerprint density at radius 1 is 1.22 bits per heavy atom. The highest BCUT2D eigenvalue weighted by atomic mass is 79.9. The maximum absolute atomic E-state index is 13.8. The van der Waals surface area contributed by atoms with Crippen LogP contribution in [0.4, 0.5) is 4.39 Å². The molecule has 2 aromatic rings. The molecule has 2 aromatic carbocycles. The van der Waals surface area contributed by atoms with E-state index in [-0.39, 0.29) is 5.82 Å². The number of nitrogens with two attached hydrogens (primary N) is 1. The largest absolute Gasteiger partial charge is 0.320 e. The topological polar surface area (TPSA) is 26.0 Å². The molecule has 18 heavy (non-hydrogen) atoms. The summed E-state index contributed by atoms with van der Waals surface area (Å²) in [5, 5.41) is 0.637. The second-order valence-electron chi connectivity index (χ2n) is 4.10. The molecule has 0 saturated carbocycles. The van der Waals surface area contributed by atoms with Crippen molar-refractivity contribution in [1.82, 2.24) is 0 Å². The Hall–Kier alpha value is -0.900. The fourth-order valence-electron chi connectivity index (χ4n) is 1.88. The predicted octanol–water partition coefficient (Wildman–Crippen LogP) is 4.60. The summed E-state index contributed by atoms with van der Waals surface area (Å²) in [7, 11) is 0. The molecule has 1 unspecified atom stereocenters. The van der Waals surface area contributed by atoms with E-state index in [2.05, 4.69) is 15.9 Å². The first kappa shape index (κ1) is 13.5. The van der Waals surface area contributed by atoms with Crippen LogP contribution >= 0.6 is 27.5 Å². The molecule has 1 atom stereocenters. The highest BCUT2D eigenvalue weighted by Crippen LogP contribution is 2.29. The molecule has 0 aromatic heterocycles. The van der Waals surface area contributed by atoms with Gasteiger partial charge in [-0.3, -0.25) is 0 Å². The second-order valence-corrected chi connectivity index (χ2v) is 5.42. The minimum Gasteiger partial charge on any atom is -0.320 e. The van der Waals surface area contributed by atoms with Crippen LogP contribution in [0, 0.1) is 12.7 Å². The van der Waals surface area contributed by atoms with E-state index in [1.165, 1.54) is 6.07 Å². The van der Waals surface area contributed by atoms with Gasteiger partial charge < -0.3 is 5.73 Å². The molecule has 1 nitrogen and oxygen atoms in total. The van der Waals surface area contributed by atoms with Crippen LogP contribution in [-0.2, 0) is 0 Å². The quantitative estimate of drug-likeness (QED) is 0.856. The van der Waals surface area contributed by atoms with Gasteiger partial charge in [-0.05, 0) is 42.3 Å². The van der Waals surface area contributed by atoms with Crippen molar-refractivity contribution >= 4 is 27.5 Å². The molecule has 0 fully saturated rings. The van der Waals surface area contributed by atoms with Crippen LogP contribution in [0.5, 0.6) is 0 Å². The van der Waals surface area contributed by atoms with Crippen molar-refractivity contribution in [1.29, 1.82) is 0 Å². The van der Waals surface area contributed by atoms with E-state index in [0.29, 0.717) is 10.6 Å². The van der Waals surface area contributed by atoms with E-state index in [1.54, 1.807) is 18.2 Å². The summed E-state index contributed by atoms with van der Waals surface area (Å²) in [6.45, 7) is 1.88. The number of hydrogen-bond acceptors (Lipinski definition) is 1. The Morgan fingerprint density at radius 3 is 2.67 bits per heavy atom. The van der Waals surface area contributed by atoms with Crippen molar-refractivity contribution in [3.8, 4) is 0 Å². The summed E-state index contributed by atoms with van der Waals surface area (Å²) >= 11 is 9.38. The van der Waals surface area contributed by atoms with Crippen molar-refractivity contribution < 1.29 is 4.39 Å². The molecule has 2 N–H and O–H groups in total. The summed E-state index contributed by atoms with van der Waals surface area (Å²) in [4.78, 5) is 0. The monoisotopic (exact) mass is 327 g/mol. The van der Waals surface area contributed by atoms with Gasteiger partial charge in [0.1, 0.15) is 5.82 Å². The fourth-order valence-corrected chi connectivity index (χ4v) is 2.44. The molecule has 0 spiro atoms. The molecule has 0 amide bonds. The molecule has 0 bridgehead atoms. The lowest BCUT2D eigenvalue weighted by Gasteiger charge is -2.17. The van der Waals surface area contributed by atoms with Gasteiger partial charge in [0.15, 0.2) is 0 Å². The first-order valence-corrected chi connectivity index (χ1v) is 6.63. The van der Waals surface area contributed by atoms with Gasteiger partial charge in [-0.1, -0.05) is 39.7 Å². The Labute approximate surface area is 119 Å². The number of rotatable bonds is 2. The van der Waals surface area contributed by atoms with Gasteiger partial charge in [0.25, 0.3) is 0 Å². The van der Waals surface area contributed by atoms with Gasteiger partial charge >= 0.3 is 0 Å². The van der Waals surface area contributed by atoms with Crippen LogP contribution in [-0.4, -0.2) is 0 Å². The molecule has 2 rings (SSSR count). The minimum atomic E-state index is -0.527. The van der Waals surface area contributed by atoms with Gasteiger partial charge in [0, 0.05) is 15.1 Å². The second kappa shape index (κ2) is 5.39. The summed E-state index contributed by atoms with van der Waals surface area (Å²) in [5.41, 5.74) is 8.30. The third-order valence-electron chi connectivity index (χ3n) is 2.94. The van der Waals surface area contributed by atoms with Crippen molar-refractivity contribution in [3.63, 3.8) is 0 Å². The zero-order chi connectivity index (χ0) is 13.3.